The molecule has 0 saturated carbocycles. The molecular formula is C15H16O4. The highest BCUT2D eigenvalue weighted by Gasteiger charge is 2.44. The van der Waals surface area contributed by atoms with Crippen molar-refractivity contribution in [3.05, 3.63) is 36.1 Å². The summed E-state index contributed by atoms with van der Waals surface area (Å²) < 4.78 is 10.9. The third-order valence-corrected chi connectivity index (χ3v) is 3.93. The van der Waals surface area contributed by atoms with Crippen molar-refractivity contribution in [3.8, 4) is 0 Å². The number of carboxylic acids is 1. The number of carboxylic acid groups (broad SMARTS) is 1. The van der Waals surface area contributed by atoms with Gasteiger partial charge in [-0.25, -0.2) is 0 Å². The molecule has 1 aromatic heterocycles. The van der Waals surface area contributed by atoms with E-state index in [1.807, 2.05) is 24.3 Å². The lowest BCUT2D eigenvalue weighted by Crippen LogP contribution is -2.48. The van der Waals surface area contributed by atoms with Gasteiger partial charge >= 0.3 is 5.97 Å². The second-order valence-electron chi connectivity index (χ2n) is 5.36. The van der Waals surface area contributed by atoms with Crippen LogP contribution in [0.5, 0.6) is 0 Å². The Labute approximate surface area is 111 Å². The molecule has 1 N–H and O–H groups in total. The lowest BCUT2D eigenvalue weighted by molar-refractivity contribution is -0.144. The number of rotatable bonds is 4. The summed E-state index contributed by atoms with van der Waals surface area (Å²) in [4.78, 5) is 11.1. The zero-order valence-electron chi connectivity index (χ0n) is 10.8. The number of aliphatic carboxylic acids is 1. The van der Waals surface area contributed by atoms with Gasteiger partial charge in [-0.2, -0.15) is 0 Å². The lowest BCUT2D eigenvalue weighted by atomic mass is 9.72. The van der Waals surface area contributed by atoms with Crippen molar-refractivity contribution in [1.29, 1.82) is 0 Å². The van der Waals surface area contributed by atoms with Crippen molar-refractivity contribution >= 4 is 16.9 Å². The maximum Gasteiger partial charge on any atom is 0.306 e. The van der Waals surface area contributed by atoms with Gasteiger partial charge in [-0.3, -0.25) is 4.79 Å². The van der Waals surface area contributed by atoms with Gasteiger partial charge in [0.05, 0.1) is 25.4 Å². The summed E-state index contributed by atoms with van der Waals surface area (Å²) >= 11 is 0. The van der Waals surface area contributed by atoms with E-state index in [-0.39, 0.29) is 5.41 Å². The van der Waals surface area contributed by atoms with Gasteiger partial charge in [-0.1, -0.05) is 25.1 Å². The van der Waals surface area contributed by atoms with E-state index in [0.29, 0.717) is 19.6 Å². The lowest BCUT2D eigenvalue weighted by Gasteiger charge is -2.42. The van der Waals surface area contributed by atoms with Crippen LogP contribution in [0.15, 0.2) is 34.9 Å². The Morgan fingerprint density at radius 3 is 2.79 bits per heavy atom. The fourth-order valence-electron chi connectivity index (χ4n) is 2.79. The summed E-state index contributed by atoms with van der Waals surface area (Å²) in [5.74, 6) is -1.16. The Kier molecular flexibility index (Phi) is 2.82. The minimum absolute atomic E-state index is 0.218. The molecule has 0 aliphatic carbocycles. The molecule has 2 heterocycles. The van der Waals surface area contributed by atoms with E-state index in [1.165, 1.54) is 0 Å². The first kappa shape index (κ1) is 12.2. The molecule has 3 rings (SSSR count). The normalized spacial score (nSPS) is 19.0. The van der Waals surface area contributed by atoms with Gasteiger partial charge in [-0.15, -0.1) is 0 Å². The number of ether oxygens (including phenoxy) is 1. The van der Waals surface area contributed by atoms with Crippen molar-refractivity contribution in [1.82, 2.24) is 0 Å². The second-order valence-corrected chi connectivity index (χ2v) is 5.36. The Balaban J connectivity index is 2.00. The molecule has 0 amide bonds. The van der Waals surface area contributed by atoms with Crippen molar-refractivity contribution in [3.63, 3.8) is 0 Å². The topological polar surface area (TPSA) is 59.7 Å². The number of fused-ring (bicyclic) bond motifs is 1. The van der Waals surface area contributed by atoms with Gasteiger partial charge < -0.3 is 14.3 Å². The van der Waals surface area contributed by atoms with Crippen LogP contribution in [0.3, 0.4) is 0 Å². The van der Waals surface area contributed by atoms with Crippen LogP contribution in [-0.4, -0.2) is 24.3 Å². The quantitative estimate of drug-likeness (QED) is 0.918. The summed E-state index contributed by atoms with van der Waals surface area (Å²) in [5.41, 5.74) is 1.69. The Morgan fingerprint density at radius 1 is 1.42 bits per heavy atom. The van der Waals surface area contributed by atoms with Gasteiger partial charge in [0.1, 0.15) is 5.58 Å². The molecule has 1 saturated heterocycles. The molecule has 2 aromatic rings. The highest BCUT2D eigenvalue weighted by atomic mass is 16.5. The molecular weight excluding hydrogens is 244 g/mol. The highest BCUT2D eigenvalue weighted by molar-refractivity contribution is 5.82. The second kappa shape index (κ2) is 4.38. The van der Waals surface area contributed by atoms with Crippen LogP contribution >= 0.6 is 0 Å². The highest BCUT2D eigenvalue weighted by Crippen LogP contribution is 2.42. The van der Waals surface area contributed by atoms with Crippen LogP contribution in [-0.2, 0) is 14.9 Å². The SMILES string of the molecule is CC(CC1(c2coc3ccccc23)COC1)C(=O)O. The van der Waals surface area contributed by atoms with Crippen LogP contribution in [0.1, 0.15) is 18.9 Å². The molecule has 4 heteroatoms. The number of furan rings is 1. The predicted molar refractivity (Wildman–Crippen MR) is 70.1 cm³/mol. The third-order valence-electron chi connectivity index (χ3n) is 3.93. The number of para-hydroxylation sites is 1. The summed E-state index contributed by atoms with van der Waals surface area (Å²) in [6, 6.07) is 7.83. The third kappa shape index (κ3) is 1.92. The predicted octanol–water partition coefficient (Wildman–Crippen LogP) is 2.81. The van der Waals surface area contributed by atoms with Gasteiger partial charge in [0.15, 0.2) is 0 Å². The van der Waals surface area contributed by atoms with Crippen LogP contribution in [0.2, 0.25) is 0 Å². The molecule has 1 unspecified atom stereocenters. The first-order valence-electron chi connectivity index (χ1n) is 6.40. The van der Waals surface area contributed by atoms with E-state index in [2.05, 4.69) is 0 Å². The van der Waals surface area contributed by atoms with E-state index >= 15 is 0 Å². The van der Waals surface area contributed by atoms with E-state index < -0.39 is 11.9 Å². The summed E-state index contributed by atoms with van der Waals surface area (Å²) in [6.45, 7) is 2.87. The van der Waals surface area contributed by atoms with Crippen LogP contribution in [0.4, 0.5) is 0 Å². The molecule has 1 aliphatic rings. The van der Waals surface area contributed by atoms with E-state index in [1.54, 1.807) is 13.2 Å². The Bertz CT molecular complexity index is 609. The fraction of sp³-hybridized carbons (Fsp3) is 0.400. The summed E-state index contributed by atoms with van der Waals surface area (Å²) in [7, 11) is 0. The summed E-state index contributed by atoms with van der Waals surface area (Å²) in [6.07, 6.45) is 2.33. The van der Waals surface area contributed by atoms with Crippen LogP contribution < -0.4 is 0 Å². The molecule has 1 aliphatic heterocycles. The van der Waals surface area contributed by atoms with E-state index in [4.69, 9.17) is 14.3 Å². The monoisotopic (exact) mass is 260 g/mol. The van der Waals surface area contributed by atoms with Gasteiger partial charge in [0.25, 0.3) is 0 Å². The smallest absolute Gasteiger partial charge is 0.306 e. The molecule has 0 spiro atoms. The number of hydrogen-bond donors (Lipinski definition) is 1. The largest absolute Gasteiger partial charge is 0.481 e. The van der Waals surface area contributed by atoms with Crippen molar-refractivity contribution in [2.75, 3.05) is 13.2 Å². The van der Waals surface area contributed by atoms with Crippen molar-refractivity contribution in [2.24, 2.45) is 5.92 Å². The average molecular weight is 260 g/mol. The molecule has 19 heavy (non-hydrogen) atoms. The summed E-state index contributed by atoms with van der Waals surface area (Å²) in [5, 5.41) is 10.2. The number of hydrogen-bond acceptors (Lipinski definition) is 3. The Morgan fingerprint density at radius 2 is 2.16 bits per heavy atom. The zero-order chi connectivity index (χ0) is 13.5. The standard InChI is InChI=1S/C15H16O4/c1-10(14(16)17)6-15(8-18-9-15)12-7-19-13-5-3-2-4-11(12)13/h2-5,7,10H,6,8-9H2,1H3,(H,16,17). The minimum Gasteiger partial charge on any atom is -0.481 e. The molecule has 0 radical (unpaired) electrons. The van der Waals surface area contributed by atoms with Gasteiger partial charge in [-0.05, 0) is 12.5 Å². The number of benzene rings is 1. The molecule has 4 nitrogen and oxygen atoms in total. The number of carbonyl (C=O) groups is 1. The first-order chi connectivity index (χ1) is 9.12. The van der Waals surface area contributed by atoms with Gasteiger partial charge in [0.2, 0.25) is 0 Å². The minimum atomic E-state index is -0.765. The zero-order valence-corrected chi connectivity index (χ0v) is 10.8. The van der Waals surface area contributed by atoms with E-state index in [9.17, 15) is 4.79 Å². The molecule has 1 fully saturated rings. The van der Waals surface area contributed by atoms with Crippen LogP contribution in [0.25, 0.3) is 11.0 Å². The maximum absolute atomic E-state index is 11.1. The fourth-order valence-corrected chi connectivity index (χ4v) is 2.79. The molecule has 1 atom stereocenters. The molecule has 0 bridgehead atoms. The van der Waals surface area contributed by atoms with Crippen molar-refractivity contribution in [2.45, 2.75) is 18.8 Å². The van der Waals surface area contributed by atoms with Crippen LogP contribution in [0, 0.1) is 5.92 Å². The van der Waals surface area contributed by atoms with Crippen molar-refractivity contribution < 1.29 is 19.1 Å². The average Bonchev–Trinajstić information content (AvgIpc) is 2.77. The van der Waals surface area contributed by atoms with Gasteiger partial charge in [0, 0.05) is 16.4 Å². The Hall–Kier alpha value is -1.81. The molecule has 100 valence electrons. The molecule has 1 aromatic carbocycles. The maximum atomic E-state index is 11.1. The van der Waals surface area contributed by atoms with E-state index in [0.717, 1.165) is 16.5 Å². The first-order valence-corrected chi connectivity index (χ1v) is 6.40.